The van der Waals surface area contributed by atoms with Crippen molar-refractivity contribution in [1.29, 1.82) is 0 Å². The minimum atomic E-state index is -0.880. The van der Waals surface area contributed by atoms with Crippen LogP contribution in [0.5, 0.6) is 5.75 Å². The van der Waals surface area contributed by atoms with E-state index in [1.807, 2.05) is 24.3 Å². The topological polar surface area (TPSA) is 44.8 Å². The number of cyclic esters (lactones) is 1. The predicted octanol–water partition coefficient (Wildman–Crippen LogP) is 2.35. The van der Waals surface area contributed by atoms with Crippen LogP contribution < -0.4 is 4.74 Å². The quantitative estimate of drug-likeness (QED) is 0.582. The SMILES string of the molecule is COc1ccc(/C=C2/OC(C)(C)OC2=O)cc1. The predicted molar refractivity (Wildman–Crippen MR) is 62.2 cm³/mol. The van der Waals surface area contributed by atoms with Gasteiger partial charge in [-0.15, -0.1) is 0 Å². The Morgan fingerprint density at radius 2 is 1.82 bits per heavy atom. The summed E-state index contributed by atoms with van der Waals surface area (Å²) in [7, 11) is 1.60. The van der Waals surface area contributed by atoms with Crippen LogP contribution in [0.2, 0.25) is 0 Å². The Morgan fingerprint density at radius 3 is 2.29 bits per heavy atom. The van der Waals surface area contributed by atoms with Crippen molar-refractivity contribution in [3.63, 3.8) is 0 Å². The van der Waals surface area contributed by atoms with Crippen molar-refractivity contribution in [1.82, 2.24) is 0 Å². The molecule has 0 bridgehead atoms. The summed E-state index contributed by atoms with van der Waals surface area (Å²) in [4.78, 5) is 11.5. The van der Waals surface area contributed by atoms with Gasteiger partial charge < -0.3 is 14.2 Å². The van der Waals surface area contributed by atoms with Crippen LogP contribution in [-0.2, 0) is 14.3 Å². The van der Waals surface area contributed by atoms with E-state index < -0.39 is 11.8 Å². The molecule has 0 unspecified atom stereocenters. The third-order valence-electron chi connectivity index (χ3n) is 2.31. The van der Waals surface area contributed by atoms with Crippen LogP contribution in [0, 0.1) is 0 Å². The second-order valence-electron chi connectivity index (χ2n) is 4.17. The summed E-state index contributed by atoms with van der Waals surface area (Å²) in [5.41, 5.74) is 0.857. The summed E-state index contributed by atoms with van der Waals surface area (Å²) in [5.74, 6) is -0.330. The summed E-state index contributed by atoms with van der Waals surface area (Å²) in [6, 6.07) is 7.32. The summed E-state index contributed by atoms with van der Waals surface area (Å²) in [5, 5.41) is 0. The first-order valence-corrected chi connectivity index (χ1v) is 5.28. The molecule has 1 aliphatic heterocycles. The standard InChI is InChI=1S/C13H14O4/c1-13(2)16-11(12(14)17-13)8-9-4-6-10(15-3)7-5-9/h4-8H,1-3H3/b11-8+. The number of methoxy groups -OCH3 is 1. The highest BCUT2D eigenvalue weighted by Crippen LogP contribution is 2.27. The van der Waals surface area contributed by atoms with Crippen LogP contribution in [0.1, 0.15) is 19.4 Å². The maximum Gasteiger partial charge on any atom is 0.377 e. The first-order valence-electron chi connectivity index (χ1n) is 5.28. The lowest BCUT2D eigenvalue weighted by Crippen LogP contribution is -2.19. The summed E-state index contributed by atoms with van der Waals surface area (Å²) < 4.78 is 15.5. The van der Waals surface area contributed by atoms with Crippen LogP contribution in [-0.4, -0.2) is 18.9 Å². The second-order valence-corrected chi connectivity index (χ2v) is 4.17. The van der Waals surface area contributed by atoms with E-state index in [1.54, 1.807) is 27.0 Å². The van der Waals surface area contributed by atoms with E-state index in [1.165, 1.54) is 0 Å². The number of benzene rings is 1. The van der Waals surface area contributed by atoms with E-state index in [2.05, 4.69) is 0 Å². The normalized spacial score (nSPS) is 19.9. The van der Waals surface area contributed by atoms with Gasteiger partial charge in [0, 0.05) is 13.8 Å². The molecule has 1 fully saturated rings. The minimum absolute atomic E-state index is 0.222. The molecule has 0 spiro atoms. The van der Waals surface area contributed by atoms with Crippen molar-refractivity contribution in [2.75, 3.05) is 7.11 Å². The smallest absolute Gasteiger partial charge is 0.377 e. The van der Waals surface area contributed by atoms with Crippen molar-refractivity contribution >= 4 is 12.0 Å². The van der Waals surface area contributed by atoms with Crippen molar-refractivity contribution in [2.24, 2.45) is 0 Å². The number of hydrogen-bond acceptors (Lipinski definition) is 4. The Kier molecular flexibility index (Phi) is 2.79. The molecule has 0 atom stereocenters. The Labute approximate surface area is 99.8 Å². The molecule has 1 heterocycles. The zero-order chi connectivity index (χ0) is 12.5. The fourth-order valence-corrected chi connectivity index (χ4v) is 1.54. The third-order valence-corrected chi connectivity index (χ3v) is 2.31. The van der Waals surface area contributed by atoms with Gasteiger partial charge in [0.15, 0.2) is 0 Å². The van der Waals surface area contributed by atoms with E-state index in [0.717, 1.165) is 11.3 Å². The van der Waals surface area contributed by atoms with Crippen LogP contribution in [0.25, 0.3) is 6.08 Å². The zero-order valence-electron chi connectivity index (χ0n) is 10.0. The van der Waals surface area contributed by atoms with E-state index in [0.29, 0.717) is 0 Å². The summed E-state index contributed by atoms with van der Waals surface area (Å²) in [6.07, 6.45) is 1.65. The van der Waals surface area contributed by atoms with E-state index in [9.17, 15) is 4.79 Å². The molecule has 0 radical (unpaired) electrons. The number of carbonyl (C=O) groups is 1. The monoisotopic (exact) mass is 234 g/mol. The second kappa shape index (κ2) is 4.13. The molecule has 90 valence electrons. The lowest BCUT2D eigenvalue weighted by molar-refractivity contribution is -0.159. The van der Waals surface area contributed by atoms with Gasteiger partial charge in [0.2, 0.25) is 11.5 Å². The van der Waals surface area contributed by atoms with Crippen molar-refractivity contribution in [3.8, 4) is 5.75 Å². The van der Waals surface area contributed by atoms with Gasteiger partial charge in [0.1, 0.15) is 5.75 Å². The molecule has 0 saturated carbocycles. The number of hydrogen-bond donors (Lipinski definition) is 0. The molecule has 1 aliphatic rings. The molecular formula is C13H14O4. The highest BCUT2D eigenvalue weighted by molar-refractivity contribution is 5.93. The van der Waals surface area contributed by atoms with Gasteiger partial charge in [-0.25, -0.2) is 4.79 Å². The van der Waals surface area contributed by atoms with Crippen molar-refractivity contribution in [3.05, 3.63) is 35.6 Å². The molecule has 2 rings (SSSR count). The van der Waals surface area contributed by atoms with Gasteiger partial charge >= 0.3 is 5.97 Å². The first kappa shape index (κ1) is 11.5. The summed E-state index contributed by atoms with van der Waals surface area (Å²) >= 11 is 0. The Bertz CT molecular complexity index is 457. The number of esters is 1. The molecule has 17 heavy (non-hydrogen) atoms. The lowest BCUT2D eigenvalue weighted by atomic mass is 10.2. The van der Waals surface area contributed by atoms with Gasteiger partial charge in [-0.1, -0.05) is 12.1 Å². The maximum absolute atomic E-state index is 11.5. The molecular weight excluding hydrogens is 220 g/mol. The van der Waals surface area contributed by atoms with E-state index in [4.69, 9.17) is 14.2 Å². The van der Waals surface area contributed by atoms with Crippen molar-refractivity contribution in [2.45, 2.75) is 19.6 Å². The Hall–Kier alpha value is -1.97. The van der Waals surface area contributed by atoms with E-state index >= 15 is 0 Å². The molecule has 1 aromatic carbocycles. The number of carbonyl (C=O) groups excluding carboxylic acids is 1. The van der Waals surface area contributed by atoms with Gasteiger partial charge in [0.25, 0.3) is 0 Å². The molecule has 4 nitrogen and oxygen atoms in total. The molecule has 1 saturated heterocycles. The average Bonchev–Trinajstić information content (AvgIpc) is 2.53. The van der Waals surface area contributed by atoms with Crippen molar-refractivity contribution < 1.29 is 19.0 Å². The average molecular weight is 234 g/mol. The molecule has 0 aromatic heterocycles. The van der Waals surface area contributed by atoms with Crippen LogP contribution in [0.15, 0.2) is 30.0 Å². The van der Waals surface area contributed by atoms with Gasteiger partial charge in [-0.3, -0.25) is 0 Å². The summed E-state index contributed by atoms with van der Waals surface area (Å²) in [6.45, 7) is 3.39. The fourth-order valence-electron chi connectivity index (χ4n) is 1.54. The third kappa shape index (κ3) is 2.58. The highest BCUT2D eigenvalue weighted by Gasteiger charge is 2.37. The van der Waals surface area contributed by atoms with Gasteiger partial charge in [0.05, 0.1) is 7.11 Å². The number of ether oxygens (including phenoxy) is 3. The Morgan fingerprint density at radius 1 is 1.18 bits per heavy atom. The molecule has 0 aliphatic carbocycles. The van der Waals surface area contributed by atoms with Gasteiger partial charge in [-0.2, -0.15) is 0 Å². The van der Waals surface area contributed by atoms with Crippen LogP contribution in [0.4, 0.5) is 0 Å². The minimum Gasteiger partial charge on any atom is -0.497 e. The Balaban J connectivity index is 2.21. The van der Waals surface area contributed by atoms with Crippen LogP contribution in [0.3, 0.4) is 0 Å². The maximum atomic E-state index is 11.5. The fraction of sp³-hybridized carbons (Fsp3) is 0.308. The highest BCUT2D eigenvalue weighted by atomic mass is 16.8. The van der Waals surface area contributed by atoms with E-state index in [-0.39, 0.29) is 5.76 Å². The zero-order valence-corrected chi connectivity index (χ0v) is 10.0. The molecule has 4 heteroatoms. The lowest BCUT2D eigenvalue weighted by Gasteiger charge is -2.13. The molecule has 0 amide bonds. The largest absolute Gasteiger partial charge is 0.497 e. The first-order chi connectivity index (χ1) is 8.00. The van der Waals surface area contributed by atoms with Gasteiger partial charge in [-0.05, 0) is 23.8 Å². The number of rotatable bonds is 2. The molecule has 1 aromatic rings. The van der Waals surface area contributed by atoms with Crippen LogP contribution >= 0.6 is 0 Å². The molecule has 0 N–H and O–H groups in total.